The van der Waals surface area contributed by atoms with Gasteiger partial charge < -0.3 is 14.2 Å². The number of hydrogen-bond donors (Lipinski definition) is 0. The Morgan fingerprint density at radius 1 is 0.296 bits per heavy atom. The largest absolute Gasteiger partial charge is 0.462 e. The van der Waals surface area contributed by atoms with E-state index >= 15 is 0 Å². The third kappa shape index (κ3) is 56.9. The first kappa shape index (κ1) is 67.1. The Balaban J connectivity index is 4.50. The fraction of sp³-hybridized carbons (Fsp3) is 0.677. The van der Waals surface area contributed by atoms with Crippen molar-refractivity contribution in [3.05, 3.63) is 109 Å². The van der Waals surface area contributed by atoms with Gasteiger partial charge in [0.25, 0.3) is 0 Å². The second-order valence-electron chi connectivity index (χ2n) is 19.2. The molecule has 6 nitrogen and oxygen atoms in total. The van der Waals surface area contributed by atoms with Gasteiger partial charge >= 0.3 is 17.9 Å². The molecular formula is C65H108O6. The molecule has 0 aliphatic carbocycles. The van der Waals surface area contributed by atoms with Crippen molar-refractivity contribution in [3.8, 4) is 0 Å². The van der Waals surface area contributed by atoms with Gasteiger partial charge in [-0.1, -0.05) is 259 Å². The van der Waals surface area contributed by atoms with Crippen molar-refractivity contribution in [1.82, 2.24) is 0 Å². The van der Waals surface area contributed by atoms with Gasteiger partial charge in [0, 0.05) is 19.3 Å². The van der Waals surface area contributed by atoms with Crippen LogP contribution in [0.1, 0.15) is 265 Å². The molecule has 1 atom stereocenters. The number of allylic oxidation sites excluding steroid dienone is 18. The van der Waals surface area contributed by atoms with Crippen LogP contribution in [0, 0.1) is 0 Å². The minimum Gasteiger partial charge on any atom is -0.462 e. The highest BCUT2D eigenvalue weighted by Crippen LogP contribution is 2.15. The van der Waals surface area contributed by atoms with E-state index < -0.39 is 12.1 Å². The lowest BCUT2D eigenvalue weighted by Gasteiger charge is -2.18. The van der Waals surface area contributed by atoms with Crippen LogP contribution in [0.25, 0.3) is 0 Å². The van der Waals surface area contributed by atoms with E-state index in [-0.39, 0.29) is 31.6 Å². The molecule has 0 fully saturated rings. The quantitative estimate of drug-likeness (QED) is 0.0261. The van der Waals surface area contributed by atoms with Crippen molar-refractivity contribution in [2.24, 2.45) is 0 Å². The molecule has 0 bridgehead atoms. The van der Waals surface area contributed by atoms with Gasteiger partial charge in [-0.05, 0) is 96.3 Å². The van der Waals surface area contributed by atoms with Crippen LogP contribution in [0.3, 0.4) is 0 Å². The predicted molar refractivity (Wildman–Crippen MR) is 307 cm³/mol. The van der Waals surface area contributed by atoms with Gasteiger partial charge in [0.05, 0.1) is 0 Å². The minimum atomic E-state index is -0.825. The number of unbranched alkanes of at least 4 members (excludes halogenated alkanes) is 23. The van der Waals surface area contributed by atoms with E-state index in [4.69, 9.17) is 14.2 Å². The Labute approximate surface area is 438 Å². The van der Waals surface area contributed by atoms with Crippen molar-refractivity contribution < 1.29 is 28.6 Å². The van der Waals surface area contributed by atoms with Gasteiger partial charge in [-0.3, -0.25) is 14.4 Å². The van der Waals surface area contributed by atoms with E-state index in [1.54, 1.807) is 0 Å². The van der Waals surface area contributed by atoms with Crippen LogP contribution >= 0.6 is 0 Å². The maximum Gasteiger partial charge on any atom is 0.306 e. The van der Waals surface area contributed by atoms with Crippen LogP contribution in [0.15, 0.2) is 109 Å². The minimum absolute atomic E-state index is 0.112. The molecule has 0 aromatic carbocycles. The van der Waals surface area contributed by atoms with Crippen molar-refractivity contribution >= 4 is 17.9 Å². The highest BCUT2D eigenvalue weighted by atomic mass is 16.6. The van der Waals surface area contributed by atoms with Crippen LogP contribution < -0.4 is 0 Å². The lowest BCUT2D eigenvalue weighted by atomic mass is 10.0. The Hall–Kier alpha value is -3.93. The Morgan fingerprint density at radius 2 is 0.577 bits per heavy atom. The Kier molecular flexibility index (Phi) is 55.4. The first-order valence-corrected chi connectivity index (χ1v) is 29.4. The van der Waals surface area contributed by atoms with Crippen LogP contribution in [0.5, 0.6) is 0 Å². The first-order chi connectivity index (χ1) is 35.0. The summed E-state index contributed by atoms with van der Waals surface area (Å²) < 4.78 is 16.8. The zero-order valence-electron chi connectivity index (χ0n) is 46.2. The van der Waals surface area contributed by atoms with Gasteiger partial charge in [-0.15, -0.1) is 0 Å². The average Bonchev–Trinajstić information content (AvgIpc) is 3.37. The van der Waals surface area contributed by atoms with Gasteiger partial charge in [-0.2, -0.15) is 0 Å². The molecule has 0 aliphatic heterocycles. The lowest BCUT2D eigenvalue weighted by Crippen LogP contribution is -2.30. The predicted octanol–water partition coefficient (Wildman–Crippen LogP) is 19.9. The van der Waals surface area contributed by atoms with Crippen LogP contribution in [0.4, 0.5) is 0 Å². The summed E-state index contributed by atoms with van der Waals surface area (Å²) in [7, 11) is 0. The van der Waals surface area contributed by atoms with Gasteiger partial charge in [0.2, 0.25) is 0 Å². The molecule has 0 spiro atoms. The molecule has 1 unspecified atom stereocenters. The fourth-order valence-corrected chi connectivity index (χ4v) is 7.89. The van der Waals surface area contributed by atoms with E-state index in [0.29, 0.717) is 19.3 Å². The summed E-state index contributed by atoms with van der Waals surface area (Å²) in [6, 6.07) is 0. The Bertz CT molecular complexity index is 1460. The van der Waals surface area contributed by atoms with E-state index in [1.165, 1.54) is 116 Å². The molecule has 0 rings (SSSR count). The van der Waals surface area contributed by atoms with Crippen LogP contribution in [0.2, 0.25) is 0 Å². The summed E-state index contributed by atoms with van der Waals surface area (Å²) in [5.74, 6) is -1.01. The third-order valence-corrected chi connectivity index (χ3v) is 12.3. The van der Waals surface area contributed by atoms with Crippen molar-refractivity contribution in [2.75, 3.05) is 13.2 Å². The van der Waals surface area contributed by atoms with Gasteiger partial charge in [0.15, 0.2) is 6.10 Å². The summed E-state index contributed by atoms with van der Waals surface area (Å²) in [4.78, 5) is 38.1. The van der Waals surface area contributed by atoms with Gasteiger partial charge in [0.1, 0.15) is 13.2 Å². The summed E-state index contributed by atoms with van der Waals surface area (Å²) in [6.07, 6.45) is 79.5. The second-order valence-corrected chi connectivity index (χ2v) is 19.2. The Morgan fingerprint density at radius 3 is 0.915 bits per heavy atom. The number of carbonyl (C=O) groups excluding carboxylic acids is 3. The molecule has 71 heavy (non-hydrogen) atoms. The van der Waals surface area contributed by atoms with E-state index in [9.17, 15) is 14.4 Å². The molecule has 0 saturated heterocycles. The summed E-state index contributed by atoms with van der Waals surface area (Å²) >= 11 is 0. The molecule has 0 saturated carbocycles. The number of ether oxygens (including phenoxy) is 3. The van der Waals surface area contributed by atoms with E-state index in [0.717, 1.165) is 103 Å². The highest BCUT2D eigenvalue weighted by molar-refractivity contribution is 5.71. The van der Waals surface area contributed by atoms with Crippen LogP contribution in [-0.4, -0.2) is 37.2 Å². The van der Waals surface area contributed by atoms with Crippen molar-refractivity contribution in [3.63, 3.8) is 0 Å². The maximum atomic E-state index is 12.8. The van der Waals surface area contributed by atoms with Crippen LogP contribution in [-0.2, 0) is 28.6 Å². The molecule has 0 aromatic heterocycles. The molecule has 0 amide bonds. The second kappa shape index (κ2) is 58.6. The summed E-state index contributed by atoms with van der Waals surface area (Å²) in [6.45, 7) is 6.45. The molecule has 0 aromatic rings. The van der Waals surface area contributed by atoms with E-state index in [1.807, 2.05) is 6.08 Å². The van der Waals surface area contributed by atoms with Gasteiger partial charge in [-0.25, -0.2) is 0 Å². The number of rotatable bonds is 52. The zero-order chi connectivity index (χ0) is 51.4. The summed E-state index contributed by atoms with van der Waals surface area (Å²) in [5, 5.41) is 0. The standard InChI is InChI=1S/C65H108O6/c1-4-7-10-13-16-19-22-25-27-29-31-32-34-35-37-40-43-46-49-52-55-58-64(67)70-61-62(60-69-63(66)57-54-51-48-45-42-39-24-21-18-15-12-9-6-3)71-65(68)59-56-53-50-47-44-41-38-36-33-30-28-26-23-20-17-14-11-8-5-2/h8,11,17,20,22,25-26,28-29,31,33-36,41,44,50,53,62H,4-7,9-10,12-16,18-19,21,23-24,27,30,32,37-40,42-43,45-49,51-52,54-61H2,1-3H3/b11-8-,20-17-,25-22-,28-26-,31-29-,35-34-,36-33-,44-41-,53-50-. The molecule has 0 N–H and O–H groups in total. The average molecular weight is 986 g/mol. The number of hydrogen-bond acceptors (Lipinski definition) is 6. The van der Waals surface area contributed by atoms with E-state index in [2.05, 4.69) is 124 Å². The third-order valence-electron chi connectivity index (χ3n) is 12.3. The maximum absolute atomic E-state index is 12.8. The first-order valence-electron chi connectivity index (χ1n) is 29.4. The van der Waals surface area contributed by atoms with Crippen molar-refractivity contribution in [2.45, 2.75) is 271 Å². The fourth-order valence-electron chi connectivity index (χ4n) is 7.89. The molecule has 404 valence electrons. The molecule has 0 aliphatic rings. The molecular weight excluding hydrogens is 877 g/mol. The zero-order valence-corrected chi connectivity index (χ0v) is 46.2. The number of carbonyl (C=O) groups is 3. The molecule has 0 heterocycles. The molecule has 0 radical (unpaired) electrons. The number of esters is 3. The highest BCUT2D eigenvalue weighted by Gasteiger charge is 2.19. The lowest BCUT2D eigenvalue weighted by molar-refractivity contribution is -0.166. The normalized spacial score (nSPS) is 12.9. The topological polar surface area (TPSA) is 78.9 Å². The smallest absolute Gasteiger partial charge is 0.306 e. The van der Waals surface area contributed by atoms with Crippen molar-refractivity contribution in [1.29, 1.82) is 0 Å². The SMILES string of the molecule is CC/C=C\C/C=C\C/C=C\C/C=C\C/C=C\C/C=C\CCC(=O)OC(COC(=O)CCCCCCCC/C=C\C/C=C\C/C=C\CCCCCCC)COC(=O)CCCCCCCCCCCCCCC. The summed E-state index contributed by atoms with van der Waals surface area (Å²) in [5.41, 5.74) is 0. The molecule has 6 heteroatoms. The monoisotopic (exact) mass is 985 g/mol.